The molecule has 31 heavy (non-hydrogen) atoms. The number of halogens is 1. The summed E-state index contributed by atoms with van der Waals surface area (Å²) in [4.78, 5) is 14.8. The van der Waals surface area contributed by atoms with Crippen LogP contribution in [0.1, 0.15) is 36.7 Å². The zero-order valence-electron chi connectivity index (χ0n) is 17.9. The summed E-state index contributed by atoms with van der Waals surface area (Å²) in [6, 6.07) is 9.95. The summed E-state index contributed by atoms with van der Waals surface area (Å²) in [6.45, 7) is 7.70. The van der Waals surface area contributed by atoms with Gasteiger partial charge in [0, 0.05) is 37.3 Å². The van der Waals surface area contributed by atoms with Gasteiger partial charge in [-0.25, -0.2) is 8.42 Å². The monoisotopic (exact) mass is 466 g/mol. The van der Waals surface area contributed by atoms with E-state index in [2.05, 4.69) is 0 Å². The van der Waals surface area contributed by atoms with Crippen LogP contribution in [0.4, 0.5) is 0 Å². The predicted octanol–water partition coefficient (Wildman–Crippen LogP) is 3.80. The van der Waals surface area contributed by atoms with E-state index in [1.54, 1.807) is 24.8 Å². The number of carbonyl (C=O) groups is 1. The first-order valence-corrected chi connectivity index (χ1v) is 12.1. The van der Waals surface area contributed by atoms with E-state index in [0.717, 1.165) is 5.56 Å². The molecule has 0 spiro atoms. The third-order valence-electron chi connectivity index (χ3n) is 5.18. The van der Waals surface area contributed by atoms with Crippen LogP contribution < -0.4 is 9.47 Å². The molecule has 0 atom stereocenters. The van der Waals surface area contributed by atoms with Gasteiger partial charge in [0.05, 0.1) is 5.02 Å². The standard InChI is InChI=1S/C22H27ClN2O5S/c1-4-24(15-17-8-7-9-19-21(17)30-13-12-29-19)22(26)16-10-11-18(23)20(14-16)31(27,28)25(5-2)6-3/h7-11,14H,4-6,12-13,15H2,1-3H3. The van der Waals surface area contributed by atoms with E-state index < -0.39 is 10.0 Å². The number of rotatable bonds is 8. The first kappa shape index (κ1) is 23.4. The third kappa shape index (κ3) is 4.81. The van der Waals surface area contributed by atoms with Crippen molar-refractivity contribution >= 4 is 27.5 Å². The Morgan fingerprint density at radius 2 is 1.74 bits per heavy atom. The molecule has 1 aliphatic rings. The van der Waals surface area contributed by atoms with Crippen molar-refractivity contribution in [1.82, 2.24) is 9.21 Å². The van der Waals surface area contributed by atoms with Gasteiger partial charge in [0.15, 0.2) is 11.5 Å². The number of ether oxygens (including phenoxy) is 2. The summed E-state index contributed by atoms with van der Waals surface area (Å²) < 4.78 is 38.6. The highest BCUT2D eigenvalue weighted by Gasteiger charge is 2.27. The lowest BCUT2D eigenvalue weighted by Gasteiger charge is -2.26. The largest absolute Gasteiger partial charge is 0.486 e. The maximum atomic E-state index is 13.3. The van der Waals surface area contributed by atoms with Crippen molar-refractivity contribution in [3.63, 3.8) is 0 Å². The molecule has 0 saturated carbocycles. The second-order valence-corrected chi connectivity index (χ2v) is 9.31. The van der Waals surface area contributed by atoms with Crippen LogP contribution in [-0.2, 0) is 16.6 Å². The lowest BCUT2D eigenvalue weighted by Crippen LogP contribution is -2.32. The zero-order chi connectivity index (χ0) is 22.6. The molecule has 2 aromatic carbocycles. The summed E-state index contributed by atoms with van der Waals surface area (Å²) in [7, 11) is -3.80. The number of hydrogen-bond donors (Lipinski definition) is 0. The molecule has 1 heterocycles. The molecule has 168 valence electrons. The first-order valence-electron chi connectivity index (χ1n) is 10.3. The number of sulfonamides is 1. The van der Waals surface area contributed by atoms with Gasteiger partial charge in [-0.1, -0.05) is 37.6 Å². The van der Waals surface area contributed by atoms with Crippen molar-refractivity contribution in [1.29, 1.82) is 0 Å². The van der Waals surface area contributed by atoms with Crippen LogP contribution in [0.5, 0.6) is 11.5 Å². The highest BCUT2D eigenvalue weighted by Crippen LogP contribution is 2.34. The molecule has 0 saturated heterocycles. The Hall–Kier alpha value is -2.29. The minimum atomic E-state index is -3.80. The number of nitrogens with zero attached hydrogens (tertiary/aromatic N) is 2. The summed E-state index contributed by atoms with van der Waals surface area (Å²) >= 11 is 6.20. The molecule has 0 aliphatic carbocycles. The number of amides is 1. The molecule has 0 bridgehead atoms. The summed E-state index contributed by atoms with van der Waals surface area (Å²) in [5, 5.41) is 0.0918. The lowest BCUT2D eigenvalue weighted by atomic mass is 10.1. The van der Waals surface area contributed by atoms with Crippen molar-refractivity contribution in [3.8, 4) is 11.5 Å². The Morgan fingerprint density at radius 1 is 1.03 bits per heavy atom. The summed E-state index contributed by atoms with van der Waals surface area (Å²) in [5.41, 5.74) is 1.09. The van der Waals surface area contributed by atoms with Crippen molar-refractivity contribution in [2.24, 2.45) is 0 Å². The molecule has 9 heteroatoms. The number of hydrogen-bond acceptors (Lipinski definition) is 5. The van der Waals surface area contributed by atoms with Gasteiger partial charge >= 0.3 is 0 Å². The molecular formula is C22H27ClN2O5S. The molecule has 2 aromatic rings. The Bertz CT molecular complexity index is 1050. The van der Waals surface area contributed by atoms with E-state index in [-0.39, 0.29) is 21.4 Å². The average Bonchev–Trinajstić information content (AvgIpc) is 2.78. The number of para-hydroxylation sites is 1. The van der Waals surface area contributed by atoms with Crippen LogP contribution in [0, 0.1) is 0 Å². The maximum Gasteiger partial charge on any atom is 0.254 e. The van der Waals surface area contributed by atoms with E-state index in [1.165, 1.54) is 16.4 Å². The number of benzene rings is 2. The second kappa shape index (κ2) is 9.89. The number of fused-ring (bicyclic) bond motifs is 1. The highest BCUT2D eigenvalue weighted by molar-refractivity contribution is 7.89. The Morgan fingerprint density at radius 3 is 2.42 bits per heavy atom. The Balaban J connectivity index is 1.91. The van der Waals surface area contributed by atoms with Gasteiger partial charge in [-0.3, -0.25) is 4.79 Å². The van der Waals surface area contributed by atoms with Crippen LogP contribution in [-0.4, -0.2) is 56.4 Å². The topological polar surface area (TPSA) is 76.1 Å². The van der Waals surface area contributed by atoms with Gasteiger partial charge in [0.1, 0.15) is 18.1 Å². The van der Waals surface area contributed by atoms with Gasteiger partial charge in [-0.05, 0) is 31.2 Å². The van der Waals surface area contributed by atoms with E-state index in [9.17, 15) is 13.2 Å². The molecule has 0 N–H and O–H groups in total. The van der Waals surface area contributed by atoms with Gasteiger partial charge in [-0.2, -0.15) is 4.31 Å². The quantitative estimate of drug-likeness (QED) is 0.591. The molecule has 0 unspecified atom stereocenters. The fourth-order valence-electron chi connectivity index (χ4n) is 3.51. The minimum absolute atomic E-state index is 0.0615. The molecule has 0 aromatic heterocycles. The second-order valence-electron chi connectivity index (χ2n) is 7.00. The molecule has 1 aliphatic heterocycles. The molecule has 0 fully saturated rings. The lowest BCUT2D eigenvalue weighted by molar-refractivity contribution is 0.0749. The molecular weight excluding hydrogens is 440 g/mol. The normalized spacial score (nSPS) is 13.3. The van der Waals surface area contributed by atoms with Crippen LogP contribution in [0.25, 0.3) is 0 Å². The Kier molecular flexibility index (Phi) is 7.46. The summed E-state index contributed by atoms with van der Waals surface area (Å²) in [6.07, 6.45) is 0. The number of carbonyl (C=O) groups excluding carboxylic acids is 1. The van der Waals surface area contributed by atoms with Crippen molar-refractivity contribution < 1.29 is 22.7 Å². The van der Waals surface area contributed by atoms with E-state index in [4.69, 9.17) is 21.1 Å². The molecule has 3 rings (SSSR count). The van der Waals surface area contributed by atoms with Crippen molar-refractivity contribution in [2.75, 3.05) is 32.8 Å². The first-order chi connectivity index (χ1) is 14.8. The molecule has 1 amide bonds. The van der Waals surface area contributed by atoms with Gasteiger partial charge in [0.25, 0.3) is 5.91 Å². The van der Waals surface area contributed by atoms with Crippen molar-refractivity contribution in [2.45, 2.75) is 32.2 Å². The Labute approximate surface area is 188 Å². The van der Waals surface area contributed by atoms with Crippen LogP contribution >= 0.6 is 11.6 Å². The van der Waals surface area contributed by atoms with Gasteiger partial charge in [0.2, 0.25) is 10.0 Å². The fourth-order valence-corrected chi connectivity index (χ4v) is 5.47. The minimum Gasteiger partial charge on any atom is -0.486 e. The van der Waals surface area contributed by atoms with Crippen molar-refractivity contribution in [3.05, 3.63) is 52.5 Å². The average molecular weight is 467 g/mol. The fraction of sp³-hybridized carbons (Fsp3) is 0.409. The molecule has 7 nitrogen and oxygen atoms in total. The van der Waals surface area contributed by atoms with Gasteiger partial charge < -0.3 is 14.4 Å². The van der Waals surface area contributed by atoms with E-state index >= 15 is 0 Å². The summed E-state index contributed by atoms with van der Waals surface area (Å²) in [5.74, 6) is 1.01. The maximum absolute atomic E-state index is 13.3. The third-order valence-corrected chi connectivity index (χ3v) is 7.71. The van der Waals surface area contributed by atoms with Crippen LogP contribution in [0.15, 0.2) is 41.3 Å². The predicted molar refractivity (Wildman–Crippen MR) is 119 cm³/mol. The van der Waals surface area contributed by atoms with Gasteiger partial charge in [-0.15, -0.1) is 0 Å². The smallest absolute Gasteiger partial charge is 0.254 e. The van der Waals surface area contributed by atoms with Crippen LogP contribution in [0.3, 0.4) is 0 Å². The zero-order valence-corrected chi connectivity index (χ0v) is 19.5. The molecule has 0 radical (unpaired) electrons. The highest BCUT2D eigenvalue weighted by atomic mass is 35.5. The van der Waals surface area contributed by atoms with E-state index in [0.29, 0.717) is 50.9 Å². The van der Waals surface area contributed by atoms with E-state index in [1.807, 2.05) is 25.1 Å². The SMILES string of the molecule is CCN(Cc1cccc2c1OCCO2)C(=O)c1ccc(Cl)c(S(=O)(=O)N(CC)CC)c1. The van der Waals surface area contributed by atoms with Crippen LogP contribution in [0.2, 0.25) is 5.02 Å².